The molecule has 0 spiro atoms. The van der Waals surface area contributed by atoms with Crippen molar-refractivity contribution in [2.75, 3.05) is 5.32 Å². The summed E-state index contributed by atoms with van der Waals surface area (Å²) in [6, 6.07) is 14.9. The van der Waals surface area contributed by atoms with E-state index in [4.69, 9.17) is 0 Å². The first-order chi connectivity index (χ1) is 14.0. The number of amides is 1. The Morgan fingerprint density at radius 1 is 1.24 bits per heavy atom. The number of nitrogens with zero attached hydrogens (tertiary/aromatic N) is 3. The van der Waals surface area contributed by atoms with Crippen LogP contribution >= 0.6 is 11.8 Å². The molecule has 1 aromatic heterocycles. The van der Waals surface area contributed by atoms with Gasteiger partial charge in [0.15, 0.2) is 5.16 Å². The molecule has 150 valence electrons. The zero-order valence-corrected chi connectivity index (χ0v) is 17.2. The Morgan fingerprint density at radius 2 is 2.00 bits per heavy atom. The molecule has 1 atom stereocenters. The van der Waals surface area contributed by atoms with E-state index in [1.165, 1.54) is 23.4 Å². The molecule has 0 bridgehead atoms. The smallest absolute Gasteiger partial charge is 0.237 e. The number of aromatic nitrogens is 3. The number of hydrogen-bond acceptors (Lipinski definition) is 4. The average molecular weight is 411 g/mol. The zero-order chi connectivity index (χ0) is 20.4. The maximum absolute atomic E-state index is 13.7. The minimum absolute atomic E-state index is 0.194. The first-order valence-corrected chi connectivity index (χ1v) is 10.6. The number of anilines is 1. The molecular formula is C22H23FN4OS. The predicted octanol–water partition coefficient (Wildman–Crippen LogP) is 4.77. The van der Waals surface area contributed by atoms with Gasteiger partial charge in [-0.15, -0.1) is 10.2 Å². The van der Waals surface area contributed by atoms with Gasteiger partial charge >= 0.3 is 0 Å². The van der Waals surface area contributed by atoms with Crippen LogP contribution in [0.4, 0.5) is 10.1 Å². The number of benzene rings is 2. The van der Waals surface area contributed by atoms with Crippen LogP contribution < -0.4 is 5.32 Å². The lowest BCUT2D eigenvalue weighted by atomic mass is 10.2. The van der Waals surface area contributed by atoms with Crippen molar-refractivity contribution in [3.8, 4) is 0 Å². The van der Waals surface area contributed by atoms with Crippen LogP contribution in [0.5, 0.6) is 0 Å². The van der Waals surface area contributed by atoms with Gasteiger partial charge in [-0.1, -0.05) is 48.2 Å². The number of carbonyl (C=O) groups is 1. The van der Waals surface area contributed by atoms with Crippen LogP contribution in [-0.4, -0.2) is 25.9 Å². The van der Waals surface area contributed by atoms with Gasteiger partial charge in [0.1, 0.15) is 11.6 Å². The highest BCUT2D eigenvalue weighted by molar-refractivity contribution is 8.00. The first-order valence-electron chi connectivity index (χ1n) is 9.72. The van der Waals surface area contributed by atoms with E-state index in [0.29, 0.717) is 23.7 Å². The van der Waals surface area contributed by atoms with E-state index in [2.05, 4.69) is 32.2 Å². The van der Waals surface area contributed by atoms with Crippen molar-refractivity contribution in [3.05, 3.63) is 71.3 Å². The van der Waals surface area contributed by atoms with Gasteiger partial charge in [-0.2, -0.15) is 0 Å². The SMILES string of the molecule is Cc1ccc(NC(=O)C(C)Sc2nnc(C3CC3)n2Cc2ccccc2)cc1F. The third-order valence-electron chi connectivity index (χ3n) is 4.96. The summed E-state index contributed by atoms with van der Waals surface area (Å²) < 4.78 is 15.9. The van der Waals surface area contributed by atoms with Gasteiger partial charge in [0.2, 0.25) is 5.91 Å². The highest BCUT2D eigenvalue weighted by Crippen LogP contribution is 2.40. The molecule has 1 saturated carbocycles. The number of thioether (sulfide) groups is 1. The molecule has 4 rings (SSSR count). The van der Waals surface area contributed by atoms with Crippen molar-refractivity contribution in [2.45, 2.75) is 49.6 Å². The third-order valence-corrected chi connectivity index (χ3v) is 6.04. The van der Waals surface area contributed by atoms with Crippen LogP contribution in [0.2, 0.25) is 0 Å². The summed E-state index contributed by atoms with van der Waals surface area (Å²) in [7, 11) is 0. The van der Waals surface area contributed by atoms with Crippen LogP contribution in [0.3, 0.4) is 0 Å². The zero-order valence-electron chi connectivity index (χ0n) is 16.4. The molecule has 0 aliphatic heterocycles. The number of carbonyl (C=O) groups excluding carboxylic acids is 1. The van der Waals surface area contributed by atoms with Gasteiger partial charge in [-0.3, -0.25) is 4.79 Å². The summed E-state index contributed by atoms with van der Waals surface area (Å²) in [6.07, 6.45) is 2.26. The monoisotopic (exact) mass is 410 g/mol. The van der Waals surface area contributed by atoms with E-state index < -0.39 is 5.25 Å². The van der Waals surface area contributed by atoms with Crippen molar-refractivity contribution in [1.82, 2.24) is 14.8 Å². The molecule has 29 heavy (non-hydrogen) atoms. The predicted molar refractivity (Wildman–Crippen MR) is 113 cm³/mol. The summed E-state index contributed by atoms with van der Waals surface area (Å²) in [5, 5.41) is 11.9. The van der Waals surface area contributed by atoms with Crippen molar-refractivity contribution in [2.24, 2.45) is 0 Å². The standard InChI is InChI=1S/C22H23FN4OS/c1-14-8-11-18(12-19(14)23)24-21(28)15(2)29-22-26-25-20(17-9-10-17)27(22)13-16-6-4-3-5-7-16/h3-8,11-12,15,17H,9-10,13H2,1-2H3,(H,24,28). The van der Waals surface area contributed by atoms with Crippen LogP contribution in [0.25, 0.3) is 0 Å². The number of halogens is 1. The van der Waals surface area contributed by atoms with Crippen molar-refractivity contribution in [1.29, 1.82) is 0 Å². The lowest BCUT2D eigenvalue weighted by Gasteiger charge is -2.14. The fraction of sp³-hybridized carbons (Fsp3) is 0.318. The van der Waals surface area contributed by atoms with E-state index >= 15 is 0 Å². The molecule has 2 aromatic carbocycles. The Hall–Kier alpha value is -2.67. The Labute approximate surface area is 173 Å². The Bertz CT molecular complexity index is 1020. The van der Waals surface area contributed by atoms with Crippen molar-refractivity contribution >= 4 is 23.4 Å². The molecule has 1 aliphatic rings. The molecule has 5 nitrogen and oxygen atoms in total. The highest BCUT2D eigenvalue weighted by Gasteiger charge is 2.31. The molecule has 3 aromatic rings. The molecule has 1 heterocycles. The van der Waals surface area contributed by atoms with Crippen molar-refractivity contribution in [3.63, 3.8) is 0 Å². The first kappa shape index (κ1) is 19.6. The van der Waals surface area contributed by atoms with Gasteiger partial charge in [-0.05, 0) is 49.9 Å². The topological polar surface area (TPSA) is 59.8 Å². The quantitative estimate of drug-likeness (QED) is 0.570. The largest absolute Gasteiger partial charge is 0.325 e. The molecule has 0 saturated heterocycles. The lowest BCUT2D eigenvalue weighted by molar-refractivity contribution is -0.115. The van der Waals surface area contributed by atoms with E-state index in [0.717, 1.165) is 23.8 Å². The summed E-state index contributed by atoms with van der Waals surface area (Å²) in [4.78, 5) is 12.6. The van der Waals surface area contributed by atoms with E-state index in [1.807, 2.05) is 25.1 Å². The van der Waals surface area contributed by atoms with E-state index in [-0.39, 0.29) is 11.7 Å². The van der Waals surface area contributed by atoms with Crippen molar-refractivity contribution < 1.29 is 9.18 Å². The Morgan fingerprint density at radius 3 is 2.69 bits per heavy atom. The summed E-state index contributed by atoms with van der Waals surface area (Å²) >= 11 is 1.37. The number of rotatable bonds is 7. The van der Waals surface area contributed by atoms with Crippen LogP contribution in [0.15, 0.2) is 53.7 Å². The van der Waals surface area contributed by atoms with Gasteiger partial charge < -0.3 is 9.88 Å². The molecule has 1 amide bonds. The second-order valence-electron chi connectivity index (χ2n) is 7.40. The molecule has 1 aliphatic carbocycles. The maximum Gasteiger partial charge on any atom is 0.237 e. The fourth-order valence-corrected chi connectivity index (χ4v) is 3.93. The number of hydrogen-bond donors (Lipinski definition) is 1. The number of nitrogens with one attached hydrogen (secondary N) is 1. The van der Waals surface area contributed by atoms with E-state index in [9.17, 15) is 9.18 Å². The third kappa shape index (κ3) is 4.67. The maximum atomic E-state index is 13.7. The van der Waals surface area contributed by atoms with Crippen LogP contribution in [0.1, 0.15) is 42.6 Å². The second kappa shape index (κ2) is 8.37. The van der Waals surface area contributed by atoms with E-state index in [1.54, 1.807) is 19.1 Å². The molecule has 0 radical (unpaired) electrons. The minimum Gasteiger partial charge on any atom is -0.325 e. The summed E-state index contributed by atoms with van der Waals surface area (Å²) in [6.45, 7) is 4.19. The highest BCUT2D eigenvalue weighted by atomic mass is 32.2. The van der Waals surface area contributed by atoms with Crippen LogP contribution in [-0.2, 0) is 11.3 Å². The Balaban J connectivity index is 1.49. The number of aryl methyl sites for hydroxylation is 1. The van der Waals surface area contributed by atoms with Gasteiger partial charge in [0.05, 0.1) is 11.8 Å². The van der Waals surface area contributed by atoms with Gasteiger partial charge in [-0.25, -0.2) is 4.39 Å². The molecule has 1 fully saturated rings. The normalized spacial score (nSPS) is 14.6. The molecule has 1 N–H and O–H groups in total. The van der Waals surface area contributed by atoms with Gasteiger partial charge in [0.25, 0.3) is 0 Å². The second-order valence-corrected chi connectivity index (χ2v) is 8.71. The van der Waals surface area contributed by atoms with Gasteiger partial charge in [0, 0.05) is 11.6 Å². The summed E-state index contributed by atoms with van der Waals surface area (Å²) in [5.41, 5.74) is 2.17. The van der Waals surface area contributed by atoms with Crippen LogP contribution in [0, 0.1) is 12.7 Å². The average Bonchev–Trinajstić information content (AvgIpc) is 3.49. The molecular weight excluding hydrogens is 387 g/mol. The summed E-state index contributed by atoms with van der Waals surface area (Å²) in [5.74, 6) is 0.921. The molecule has 1 unspecified atom stereocenters. The lowest BCUT2D eigenvalue weighted by Crippen LogP contribution is -2.23. The fourth-order valence-electron chi connectivity index (χ4n) is 3.07. The minimum atomic E-state index is -0.398. The molecule has 7 heteroatoms. The Kier molecular flexibility index (Phi) is 5.67.